The number of allylic oxidation sites excluding steroid dienone is 2. The Balaban J connectivity index is 2.82. The number of rotatable bonds is 5. The molecule has 1 heterocycles. The number of aldehydes is 1. The first-order valence-corrected chi connectivity index (χ1v) is 5.31. The molecule has 0 radical (unpaired) electrons. The fourth-order valence-corrected chi connectivity index (χ4v) is 1.44. The number of hydrogen-bond acceptors (Lipinski definition) is 4. The van der Waals surface area contributed by atoms with Crippen molar-refractivity contribution in [2.75, 3.05) is 6.54 Å². The van der Waals surface area contributed by atoms with E-state index in [-0.39, 0.29) is 19.4 Å². The van der Waals surface area contributed by atoms with E-state index in [1.54, 1.807) is 0 Å². The lowest BCUT2D eigenvalue weighted by molar-refractivity contribution is -0.138. The predicted molar refractivity (Wildman–Crippen MR) is 58.7 cm³/mol. The number of carbonyl (C=O) groups is 3. The molecule has 0 saturated carbocycles. The van der Waals surface area contributed by atoms with Gasteiger partial charge in [0.15, 0.2) is 0 Å². The number of amides is 2. The molecule has 0 fully saturated rings. The number of hydrogen-bond donors (Lipinski definition) is 1. The summed E-state index contributed by atoms with van der Waals surface area (Å²) in [4.78, 5) is 33.3. The van der Waals surface area contributed by atoms with Crippen molar-refractivity contribution in [2.24, 2.45) is 0 Å². The molecular weight excluding hydrogens is 265 g/mol. The first kappa shape index (κ1) is 14.9. The van der Waals surface area contributed by atoms with Crippen molar-refractivity contribution in [3.05, 3.63) is 23.9 Å². The van der Waals surface area contributed by atoms with Crippen LogP contribution < -0.4 is 5.32 Å². The number of nitrogens with zero attached hydrogens (tertiary/aromatic N) is 1. The van der Waals surface area contributed by atoms with Crippen LogP contribution in [0.1, 0.15) is 6.42 Å². The van der Waals surface area contributed by atoms with Crippen LogP contribution in [0, 0.1) is 0 Å². The molecule has 8 heteroatoms. The molecule has 1 aliphatic rings. The van der Waals surface area contributed by atoms with Crippen molar-refractivity contribution in [1.29, 1.82) is 0 Å². The molecule has 2 amide bonds. The third-order valence-corrected chi connectivity index (χ3v) is 2.38. The average Bonchev–Trinajstić information content (AvgIpc) is 2.38. The van der Waals surface area contributed by atoms with Crippen LogP contribution in [0.5, 0.6) is 0 Å². The van der Waals surface area contributed by atoms with E-state index in [0.717, 1.165) is 12.3 Å². The predicted octanol–water partition coefficient (Wildman–Crippen LogP) is 0.535. The van der Waals surface area contributed by atoms with Gasteiger partial charge in [0.05, 0.1) is 5.57 Å². The molecule has 19 heavy (non-hydrogen) atoms. The van der Waals surface area contributed by atoms with E-state index < -0.39 is 23.7 Å². The Hall–Kier alpha value is -2.12. The summed E-state index contributed by atoms with van der Waals surface area (Å²) in [7, 11) is 0. The molecule has 1 aliphatic heterocycles. The lowest BCUT2D eigenvalue weighted by Gasteiger charge is -2.23. The summed E-state index contributed by atoms with van der Waals surface area (Å²) in [5, 5.41) is 2.42. The quantitative estimate of drug-likeness (QED) is 0.744. The van der Waals surface area contributed by atoms with Crippen LogP contribution in [0.15, 0.2) is 23.9 Å². The van der Waals surface area contributed by atoms with Gasteiger partial charge in [-0.2, -0.15) is 13.2 Å². The van der Waals surface area contributed by atoms with Crippen molar-refractivity contribution >= 4 is 18.6 Å². The van der Waals surface area contributed by atoms with Gasteiger partial charge in [0.25, 0.3) is 5.91 Å². The molecule has 1 unspecified atom stereocenters. The van der Waals surface area contributed by atoms with E-state index in [4.69, 9.17) is 0 Å². The van der Waals surface area contributed by atoms with Gasteiger partial charge in [-0.15, -0.1) is 0 Å². The fourth-order valence-electron chi connectivity index (χ4n) is 1.44. The lowest BCUT2D eigenvalue weighted by atomic mass is 10.1. The number of dihydropyridines is 1. The topological polar surface area (TPSA) is 66.5 Å². The van der Waals surface area contributed by atoms with Crippen molar-refractivity contribution in [1.82, 2.24) is 10.2 Å². The standard InChI is InChI=1S/C11H11F3N2O3/c12-11(13,14)8-2-3-15-9(6-8)10(19)16(7-18)4-1-5-17/h2-3,5-7,9,15H,1,4H2. The summed E-state index contributed by atoms with van der Waals surface area (Å²) in [6.07, 6.45) is -1.45. The minimum absolute atomic E-state index is 0.0666. The highest BCUT2D eigenvalue weighted by atomic mass is 19.4. The summed E-state index contributed by atoms with van der Waals surface area (Å²) in [5.41, 5.74) is -0.967. The van der Waals surface area contributed by atoms with E-state index in [1.807, 2.05) is 0 Å². The largest absolute Gasteiger partial charge is 0.416 e. The highest BCUT2D eigenvalue weighted by molar-refractivity contribution is 5.92. The average molecular weight is 276 g/mol. The Morgan fingerprint density at radius 3 is 2.63 bits per heavy atom. The van der Waals surface area contributed by atoms with Crippen LogP contribution in [0.2, 0.25) is 0 Å². The number of nitrogens with one attached hydrogen (secondary N) is 1. The Labute approximate surface area is 106 Å². The number of alkyl halides is 3. The minimum Gasteiger partial charge on any atom is -0.376 e. The van der Waals surface area contributed by atoms with Crippen LogP contribution in [-0.4, -0.2) is 42.3 Å². The van der Waals surface area contributed by atoms with Crippen LogP contribution in [0.4, 0.5) is 13.2 Å². The molecule has 0 saturated heterocycles. The molecule has 0 aromatic rings. The zero-order valence-corrected chi connectivity index (χ0v) is 9.68. The second kappa shape index (κ2) is 6.17. The second-order valence-electron chi connectivity index (χ2n) is 3.69. The highest BCUT2D eigenvalue weighted by Crippen LogP contribution is 2.28. The van der Waals surface area contributed by atoms with E-state index in [2.05, 4.69) is 5.32 Å². The van der Waals surface area contributed by atoms with Gasteiger partial charge < -0.3 is 10.1 Å². The molecule has 0 aromatic heterocycles. The first-order valence-electron chi connectivity index (χ1n) is 5.31. The maximum atomic E-state index is 12.5. The van der Waals surface area contributed by atoms with Crippen molar-refractivity contribution in [2.45, 2.75) is 18.6 Å². The van der Waals surface area contributed by atoms with Gasteiger partial charge >= 0.3 is 6.18 Å². The van der Waals surface area contributed by atoms with E-state index in [0.29, 0.717) is 17.3 Å². The highest BCUT2D eigenvalue weighted by Gasteiger charge is 2.35. The van der Waals surface area contributed by atoms with Gasteiger partial charge in [-0.1, -0.05) is 0 Å². The smallest absolute Gasteiger partial charge is 0.376 e. The molecule has 1 N–H and O–H groups in total. The molecule has 104 valence electrons. The Morgan fingerprint density at radius 1 is 1.42 bits per heavy atom. The zero-order chi connectivity index (χ0) is 14.5. The molecule has 0 aromatic carbocycles. The molecule has 1 rings (SSSR count). The van der Waals surface area contributed by atoms with Crippen molar-refractivity contribution in [3.8, 4) is 0 Å². The summed E-state index contributed by atoms with van der Waals surface area (Å²) < 4.78 is 37.4. The monoisotopic (exact) mass is 276 g/mol. The molecule has 5 nitrogen and oxygen atoms in total. The van der Waals surface area contributed by atoms with E-state index >= 15 is 0 Å². The van der Waals surface area contributed by atoms with Crippen LogP contribution in [-0.2, 0) is 14.4 Å². The van der Waals surface area contributed by atoms with Gasteiger partial charge in [0.2, 0.25) is 6.41 Å². The van der Waals surface area contributed by atoms with Gasteiger partial charge in [0.1, 0.15) is 12.3 Å². The Bertz CT molecular complexity index is 429. The third-order valence-electron chi connectivity index (χ3n) is 2.38. The second-order valence-corrected chi connectivity index (χ2v) is 3.69. The summed E-state index contributed by atoms with van der Waals surface area (Å²) >= 11 is 0. The molecule has 1 atom stereocenters. The van der Waals surface area contributed by atoms with Crippen LogP contribution >= 0.6 is 0 Å². The van der Waals surface area contributed by atoms with Gasteiger partial charge in [-0.05, 0) is 18.4 Å². The number of carbonyl (C=O) groups excluding carboxylic acids is 3. The first-order chi connectivity index (χ1) is 8.90. The summed E-state index contributed by atoms with van der Waals surface area (Å²) in [5.74, 6) is -0.844. The normalized spacial score (nSPS) is 18.3. The molecule has 0 aliphatic carbocycles. The van der Waals surface area contributed by atoms with Gasteiger partial charge in [-0.25, -0.2) is 0 Å². The van der Waals surface area contributed by atoms with Gasteiger partial charge in [0, 0.05) is 13.0 Å². The SMILES string of the molecule is O=CCCN(C=O)C(=O)C1C=C(C(F)(F)F)C=CN1. The lowest BCUT2D eigenvalue weighted by Crippen LogP contribution is -2.45. The van der Waals surface area contributed by atoms with Crippen molar-refractivity contribution < 1.29 is 27.6 Å². The molecule has 0 bridgehead atoms. The van der Waals surface area contributed by atoms with E-state index in [9.17, 15) is 27.6 Å². The maximum Gasteiger partial charge on any atom is 0.416 e. The summed E-state index contributed by atoms with van der Waals surface area (Å²) in [6, 6.07) is -1.28. The third kappa shape index (κ3) is 3.94. The summed E-state index contributed by atoms with van der Waals surface area (Å²) in [6.45, 7) is -0.164. The Morgan fingerprint density at radius 2 is 2.11 bits per heavy atom. The van der Waals surface area contributed by atoms with Gasteiger partial charge in [-0.3, -0.25) is 14.5 Å². The molecule has 0 spiro atoms. The van der Waals surface area contributed by atoms with Crippen LogP contribution in [0.25, 0.3) is 0 Å². The van der Waals surface area contributed by atoms with Crippen LogP contribution in [0.3, 0.4) is 0 Å². The fraction of sp³-hybridized carbons (Fsp3) is 0.364. The molecular formula is C11H11F3N2O3. The van der Waals surface area contributed by atoms with E-state index in [1.165, 1.54) is 0 Å². The zero-order valence-electron chi connectivity index (χ0n) is 9.68. The Kier molecular flexibility index (Phi) is 4.85. The van der Waals surface area contributed by atoms with Crippen molar-refractivity contribution in [3.63, 3.8) is 0 Å². The number of imide groups is 1. The minimum atomic E-state index is -4.56. The maximum absolute atomic E-state index is 12.5. The number of halogens is 3.